The molecule has 1 aliphatic rings. The zero-order valence-corrected chi connectivity index (χ0v) is 11.1. The number of esters is 1. The van der Waals surface area contributed by atoms with Crippen LogP contribution in [0.1, 0.15) is 25.3 Å². The smallest absolute Gasteiger partial charge is 0.306 e. The highest BCUT2D eigenvalue weighted by Crippen LogP contribution is 2.32. The fourth-order valence-corrected chi connectivity index (χ4v) is 1.93. The van der Waals surface area contributed by atoms with E-state index in [0.29, 0.717) is 17.9 Å². The summed E-state index contributed by atoms with van der Waals surface area (Å²) in [6, 6.07) is 5.55. The van der Waals surface area contributed by atoms with E-state index in [1.807, 2.05) is 18.2 Å². The summed E-state index contributed by atoms with van der Waals surface area (Å²) in [5.74, 6) is -0.113. The SMILES string of the molecule is C[C@@H](Cc1ccc2c(c1)OCO2)OC(=O)CCC(=O)O. The number of carbonyl (C=O) groups is 2. The Kier molecular flexibility index (Phi) is 4.45. The summed E-state index contributed by atoms with van der Waals surface area (Å²) in [4.78, 5) is 21.8. The zero-order chi connectivity index (χ0) is 14.5. The van der Waals surface area contributed by atoms with E-state index in [4.69, 9.17) is 19.3 Å². The highest BCUT2D eigenvalue weighted by Gasteiger charge is 2.16. The molecule has 6 heteroatoms. The number of ether oxygens (including phenoxy) is 3. The molecule has 1 aromatic carbocycles. The number of hydrogen-bond donors (Lipinski definition) is 1. The maximum Gasteiger partial charge on any atom is 0.306 e. The van der Waals surface area contributed by atoms with Gasteiger partial charge in [0.25, 0.3) is 0 Å². The van der Waals surface area contributed by atoms with Crippen LogP contribution >= 0.6 is 0 Å². The summed E-state index contributed by atoms with van der Waals surface area (Å²) in [6.07, 6.45) is -0.108. The van der Waals surface area contributed by atoms with E-state index in [9.17, 15) is 9.59 Å². The average Bonchev–Trinajstić information content (AvgIpc) is 2.83. The number of fused-ring (bicyclic) bond motifs is 1. The first-order chi connectivity index (χ1) is 9.54. The van der Waals surface area contributed by atoms with Crippen molar-refractivity contribution in [3.8, 4) is 11.5 Å². The first-order valence-corrected chi connectivity index (χ1v) is 6.34. The minimum absolute atomic E-state index is 0.110. The van der Waals surface area contributed by atoms with Crippen LogP contribution in [0, 0.1) is 0 Å². The maximum atomic E-state index is 11.4. The normalized spacial score (nSPS) is 13.8. The molecule has 0 bridgehead atoms. The first kappa shape index (κ1) is 14.2. The molecule has 0 aromatic heterocycles. The van der Waals surface area contributed by atoms with Gasteiger partial charge in [0.2, 0.25) is 6.79 Å². The predicted octanol–water partition coefficient (Wildman–Crippen LogP) is 1.75. The molecule has 1 N–H and O–H groups in total. The summed E-state index contributed by atoms with van der Waals surface area (Å²) in [6.45, 7) is 1.99. The minimum atomic E-state index is -1.01. The van der Waals surface area contributed by atoms with Crippen LogP contribution < -0.4 is 9.47 Å². The van der Waals surface area contributed by atoms with Gasteiger partial charge in [-0.05, 0) is 24.6 Å². The standard InChI is InChI=1S/C14H16O6/c1-9(20-14(17)5-4-13(15)16)6-10-2-3-11-12(7-10)19-8-18-11/h2-3,7,9H,4-6,8H2,1H3,(H,15,16)/t9-/m0/s1. The third kappa shape index (κ3) is 3.88. The quantitative estimate of drug-likeness (QED) is 0.799. The molecule has 1 heterocycles. The minimum Gasteiger partial charge on any atom is -0.481 e. The lowest BCUT2D eigenvalue weighted by Gasteiger charge is -2.13. The average molecular weight is 280 g/mol. The van der Waals surface area contributed by atoms with E-state index in [-0.39, 0.29) is 25.7 Å². The van der Waals surface area contributed by atoms with Gasteiger partial charge in [-0.15, -0.1) is 0 Å². The van der Waals surface area contributed by atoms with Crippen molar-refractivity contribution in [1.29, 1.82) is 0 Å². The lowest BCUT2D eigenvalue weighted by Crippen LogP contribution is -2.18. The highest BCUT2D eigenvalue weighted by molar-refractivity contribution is 5.76. The summed E-state index contributed by atoms with van der Waals surface area (Å²) in [5.41, 5.74) is 0.966. The van der Waals surface area contributed by atoms with E-state index in [2.05, 4.69) is 0 Å². The number of carboxylic acids is 1. The lowest BCUT2D eigenvalue weighted by atomic mass is 10.1. The van der Waals surface area contributed by atoms with Gasteiger partial charge in [-0.2, -0.15) is 0 Å². The van der Waals surface area contributed by atoms with Gasteiger partial charge in [0.15, 0.2) is 11.5 Å². The van der Waals surface area contributed by atoms with Crippen molar-refractivity contribution in [2.75, 3.05) is 6.79 Å². The number of carbonyl (C=O) groups excluding carboxylic acids is 1. The summed E-state index contributed by atoms with van der Waals surface area (Å²) in [5, 5.41) is 8.49. The molecule has 1 atom stereocenters. The van der Waals surface area contributed by atoms with E-state index in [1.54, 1.807) is 6.92 Å². The van der Waals surface area contributed by atoms with Crippen LogP contribution in [0.15, 0.2) is 18.2 Å². The summed E-state index contributed by atoms with van der Waals surface area (Å²) < 4.78 is 15.6. The molecule has 2 rings (SSSR count). The van der Waals surface area contributed by atoms with Crippen molar-refractivity contribution in [3.63, 3.8) is 0 Å². The fourth-order valence-electron chi connectivity index (χ4n) is 1.93. The van der Waals surface area contributed by atoms with Crippen LogP contribution in [0.2, 0.25) is 0 Å². The zero-order valence-electron chi connectivity index (χ0n) is 11.1. The van der Waals surface area contributed by atoms with Crippen LogP contribution in [0.3, 0.4) is 0 Å². The van der Waals surface area contributed by atoms with Crippen LogP contribution in [-0.4, -0.2) is 29.9 Å². The Morgan fingerprint density at radius 1 is 1.30 bits per heavy atom. The molecule has 0 saturated carbocycles. The molecule has 0 saturated heterocycles. The third-order valence-electron chi connectivity index (χ3n) is 2.84. The number of carboxylic acid groups (broad SMARTS) is 1. The number of hydrogen-bond acceptors (Lipinski definition) is 5. The maximum absolute atomic E-state index is 11.4. The Hall–Kier alpha value is -2.24. The summed E-state index contributed by atoms with van der Waals surface area (Å²) >= 11 is 0. The molecule has 108 valence electrons. The van der Waals surface area contributed by atoms with Crippen molar-refractivity contribution in [2.45, 2.75) is 32.3 Å². The molecule has 0 aliphatic carbocycles. The van der Waals surface area contributed by atoms with Gasteiger partial charge in [-0.3, -0.25) is 9.59 Å². The predicted molar refractivity (Wildman–Crippen MR) is 68.7 cm³/mol. The fraction of sp³-hybridized carbons (Fsp3) is 0.429. The lowest BCUT2D eigenvalue weighted by molar-refractivity contribution is -0.151. The Bertz CT molecular complexity index is 510. The molecule has 0 amide bonds. The van der Waals surface area contributed by atoms with Gasteiger partial charge < -0.3 is 19.3 Å². The number of rotatable bonds is 6. The van der Waals surface area contributed by atoms with Crippen molar-refractivity contribution < 1.29 is 28.9 Å². The second kappa shape index (κ2) is 6.27. The van der Waals surface area contributed by atoms with Gasteiger partial charge in [-0.25, -0.2) is 0 Å². The van der Waals surface area contributed by atoms with Gasteiger partial charge in [-0.1, -0.05) is 6.07 Å². The summed E-state index contributed by atoms with van der Waals surface area (Å²) in [7, 11) is 0. The van der Waals surface area contributed by atoms with Gasteiger partial charge in [0.05, 0.1) is 12.8 Å². The van der Waals surface area contributed by atoms with Gasteiger partial charge in [0, 0.05) is 6.42 Å². The van der Waals surface area contributed by atoms with E-state index in [0.717, 1.165) is 5.56 Å². The molecule has 0 unspecified atom stereocenters. The van der Waals surface area contributed by atoms with Crippen LogP contribution in [-0.2, 0) is 20.7 Å². The Labute approximate surface area is 116 Å². The topological polar surface area (TPSA) is 82.1 Å². The third-order valence-corrected chi connectivity index (χ3v) is 2.84. The molecule has 20 heavy (non-hydrogen) atoms. The Morgan fingerprint density at radius 3 is 2.80 bits per heavy atom. The Morgan fingerprint density at radius 2 is 2.05 bits per heavy atom. The first-order valence-electron chi connectivity index (χ1n) is 6.34. The largest absolute Gasteiger partial charge is 0.481 e. The van der Waals surface area contributed by atoms with Crippen molar-refractivity contribution >= 4 is 11.9 Å². The second-order valence-electron chi connectivity index (χ2n) is 4.59. The molecule has 0 fully saturated rings. The molecular weight excluding hydrogens is 264 g/mol. The molecule has 6 nitrogen and oxygen atoms in total. The molecule has 1 aliphatic heterocycles. The number of benzene rings is 1. The van der Waals surface area contributed by atoms with Gasteiger partial charge in [0.1, 0.15) is 6.10 Å². The van der Waals surface area contributed by atoms with E-state index < -0.39 is 11.9 Å². The van der Waals surface area contributed by atoms with E-state index >= 15 is 0 Å². The van der Waals surface area contributed by atoms with Crippen molar-refractivity contribution in [3.05, 3.63) is 23.8 Å². The monoisotopic (exact) mass is 280 g/mol. The second-order valence-corrected chi connectivity index (χ2v) is 4.59. The van der Waals surface area contributed by atoms with Crippen molar-refractivity contribution in [2.24, 2.45) is 0 Å². The van der Waals surface area contributed by atoms with E-state index in [1.165, 1.54) is 0 Å². The van der Waals surface area contributed by atoms with Gasteiger partial charge >= 0.3 is 11.9 Å². The number of aliphatic carboxylic acids is 1. The highest BCUT2D eigenvalue weighted by atomic mass is 16.7. The molecular formula is C14H16O6. The van der Waals surface area contributed by atoms with Crippen LogP contribution in [0.25, 0.3) is 0 Å². The molecule has 0 radical (unpaired) electrons. The Balaban J connectivity index is 1.83. The van der Waals surface area contributed by atoms with Crippen molar-refractivity contribution in [1.82, 2.24) is 0 Å². The van der Waals surface area contributed by atoms with Crippen LogP contribution in [0.4, 0.5) is 0 Å². The molecule has 0 spiro atoms. The van der Waals surface area contributed by atoms with Crippen LogP contribution in [0.5, 0.6) is 11.5 Å². The molecule has 1 aromatic rings.